The molecule has 192 valence electrons. The largest absolute Gasteiger partial charge is 0.369 e. The van der Waals surface area contributed by atoms with Gasteiger partial charge in [-0.2, -0.15) is 5.26 Å². The molecule has 0 amide bonds. The van der Waals surface area contributed by atoms with Crippen LogP contribution in [0.5, 0.6) is 0 Å². The van der Waals surface area contributed by atoms with E-state index in [-0.39, 0.29) is 0 Å². The Morgan fingerprint density at radius 2 is 1.42 bits per heavy atom. The molecule has 3 nitrogen and oxygen atoms in total. The van der Waals surface area contributed by atoms with Crippen molar-refractivity contribution in [1.29, 1.82) is 5.26 Å². The first-order chi connectivity index (χ1) is 16.0. The van der Waals surface area contributed by atoms with Crippen molar-refractivity contribution in [1.82, 2.24) is 4.90 Å². The van der Waals surface area contributed by atoms with Crippen molar-refractivity contribution in [2.24, 2.45) is 11.8 Å². The van der Waals surface area contributed by atoms with Gasteiger partial charge in [-0.3, -0.25) is 0 Å². The van der Waals surface area contributed by atoms with Crippen LogP contribution in [0.3, 0.4) is 0 Å². The maximum absolute atomic E-state index is 8.86. The number of benzene rings is 1. The number of likely N-dealkylation sites (N-methyl/N-ethyl adjacent to an activating group) is 1. The summed E-state index contributed by atoms with van der Waals surface area (Å²) in [6.45, 7) is 24.8. The minimum absolute atomic E-state index is 0.746. The van der Waals surface area contributed by atoms with Gasteiger partial charge in [-0.25, -0.2) is 0 Å². The number of unbranched alkanes of at least 4 members (excludes halogenated alkanes) is 1. The van der Waals surface area contributed by atoms with Gasteiger partial charge < -0.3 is 9.80 Å². The van der Waals surface area contributed by atoms with Gasteiger partial charge in [0.15, 0.2) is 0 Å². The van der Waals surface area contributed by atoms with E-state index in [0.29, 0.717) is 0 Å². The molecular weight excluding hydrogens is 402 g/mol. The predicted octanol–water partition coefficient (Wildman–Crippen LogP) is 8.78. The van der Waals surface area contributed by atoms with Crippen molar-refractivity contribution in [3.63, 3.8) is 0 Å². The highest BCUT2D eigenvalue weighted by Gasteiger charge is 2.16. The van der Waals surface area contributed by atoms with E-state index in [2.05, 4.69) is 56.6 Å². The first-order valence-corrected chi connectivity index (χ1v) is 14.0. The highest BCUT2D eigenvalue weighted by Crippen LogP contribution is 2.29. The van der Waals surface area contributed by atoms with Crippen molar-refractivity contribution < 1.29 is 0 Å². The summed E-state index contributed by atoms with van der Waals surface area (Å²) in [6, 6.07) is 10.1. The van der Waals surface area contributed by atoms with E-state index in [1.807, 2.05) is 45.9 Å². The molecule has 0 radical (unpaired) electrons. The van der Waals surface area contributed by atoms with Crippen LogP contribution in [0.1, 0.15) is 113 Å². The van der Waals surface area contributed by atoms with Gasteiger partial charge in [0.1, 0.15) is 0 Å². The van der Waals surface area contributed by atoms with Crippen LogP contribution in [0.4, 0.5) is 5.69 Å². The number of piperazine rings is 1. The molecule has 0 aromatic heterocycles. The summed E-state index contributed by atoms with van der Waals surface area (Å²) in [5.41, 5.74) is 1.92. The van der Waals surface area contributed by atoms with Crippen LogP contribution in [-0.4, -0.2) is 37.6 Å². The first-order valence-electron chi connectivity index (χ1n) is 14.0. The molecular formula is C30H57N3. The quantitative estimate of drug-likeness (QED) is 0.450. The number of nitriles is 1. The second kappa shape index (κ2) is 23.6. The molecule has 1 saturated carbocycles. The van der Waals surface area contributed by atoms with E-state index in [1.54, 1.807) is 0 Å². The fraction of sp³-hybridized carbons (Fsp3) is 0.767. The standard InChI is InChI=1S/C13H17N3.C9H18.C4H10.2C2H6/c1-2-15-6-8-16(9-7-15)13-5-3-4-12(10-13)11-14;1-8(2)9-6-4-3-5-7-9;1-3-4-2;2*1-2/h3-5,10H,2,6-9H2,1H3;8-9H,3-7H2,1-2H3;3-4H2,1-2H3;2*1-2H3. The fourth-order valence-corrected chi connectivity index (χ4v) is 3.90. The Balaban J connectivity index is 0. The average Bonchev–Trinajstić information content (AvgIpc) is 2.92. The lowest BCUT2D eigenvalue weighted by molar-refractivity contribution is 0.271. The summed E-state index contributed by atoms with van der Waals surface area (Å²) in [4.78, 5) is 4.80. The summed E-state index contributed by atoms with van der Waals surface area (Å²) in [5.74, 6) is 1.99. The molecule has 1 aromatic rings. The zero-order valence-electron chi connectivity index (χ0n) is 23.8. The van der Waals surface area contributed by atoms with Crippen LogP contribution in [-0.2, 0) is 0 Å². The molecule has 0 N–H and O–H groups in total. The molecule has 0 bridgehead atoms. The minimum atomic E-state index is 0.746. The van der Waals surface area contributed by atoms with Crippen molar-refractivity contribution >= 4 is 5.69 Å². The molecule has 1 aliphatic carbocycles. The third-order valence-corrected chi connectivity index (χ3v) is 6.25. The topological polar surface area (TPSA) is 30.3 Å². The number of nitrogens with zero attached hydrogens (tertiary/aromatic N) is 3. The van der Waals surface area contributed by atoms with Gasteiger partial charge in [-0.05, 0) is 36.6 Å². The molecule has 0 unspecified atom stereocenters. The summed E-state index contributed by atoms with van der Waals surface area (Å²) in [5, 5.41) is 8.86. The van der Waals surface area contributed by atoms with Crippen LogP contribution in [0.25, 0.3) is 0 Å². The lowest BCUT2D eigenvalue weighted by atomic mass is 9.82. The van der Waals surface area contributed by atoms with Crippen LogP contribution in [0, 0.1) is 23.2 Å². The van der Waals surface area contributed by atoms with E-state index in [9.17, 15) is 0 Å². The highest BCUT2D eigenvalue weighted by molar-refractivity contribution is 5.51. The molecule has 2 fully saturated rings. The lowest BCUT2D eigenvalue weighted by Crippen LogP contribution is -2.46. The summed E-state index contributed by atoms with van der Waals surface area (Å²) >= 11 is 0. The van der Waals surface area contributed by atoms with Crippen LogP contribution in [0.15, 0.2) is 24.3 Å². The molecule has 1 aromatic carbocycles. The Hall–Kier alpha value is -1.53. The number of hydrogen-bond acceptors (Lipinski definition) is 3. The Morgan fingerprint density at radius 1 is 0.879 bits per heavy atom. The summed E-state index contributed by atoms with van der Waals surface area (Å²) < 4.78 is 0. The van der Waals surface area contributed by atoms with Gasteiger partial charge in [0.05, 0.1) is 11.6 Å². The molecule has 3 rings (SSSR count). The van der Waals surface area contributed by atoms with E-state index in [4.69, 9.17) is 5.26 Å². The smallest absolute Gasteiger partial charge is 0.0992 e. The molecule has 33 heavy (non-hydrogen) atoms. The Kier molecular flexibility index (Phi) is 24.1. The predicted molar refractivity (Wildman–Crippen MR) is 150 cm³/mol. The van der Waals surface area contributed by atoms with E-state index >= 15 is 0 Å². The molecule has 1 aliphatic heterocycles. The average molecular weight is 460 g/mol. The van der Waals surface area contributed by atoms with Gasteiger partial charge in [-0.15, -0.1) is 0 Å². The van der Waals surface area contributed by atoms with Crippen molar-refractivity contribution in [3.8, 4) is 6.07 Å². The normalized spacial score (nSPS) is 15.8. The fourth-order valence-electron chi connectivity index (χ4n) is 3.90. The minimum Gasteiger partial charge on any atom is -0.369 e. The highest BCUT2D eigenvalue weighted by atomic mass is 15.3. The molecule has 1 saturated heterocycles. The van der Waals surface area contributed by atoms with Gasteiger partial charge in [0.25, 0.3) is 0 Å². The Morgan fingerprint density at radius 3 is 1.82 bits per heavy atom. The van der Waals surface area contributed by atoms with E-state index in [1.165, 1.54) is 50.6 Å². The molecule has 2 aliphatic rings. The van der Waals surface area contributed by atoms with Gasteiger partial charge in [0.2, 0.25) is 0 Å². The first kappa shape index (κ1) is 33.6. The summed E-state index contributed by atoms with van der Waals surface area (Å²) in [6.07, 6.45) is 10.1. The zero-order chi connectivity index (χ0) is 25.5. The Labute approximate surface area is 208 Å². The van der Waals surface area contributed by atoms with Crippen molar-refractivity contribution in [2.45, 2.75) is 107 Å². The zero-order valence-corrected chi connectivity index (χ0v) is 23.8. The van der Waals surface area contributed by atoms with Crippen LogP contribution < -0.4 is 4.90 Å². The molecule has 0 spiro atoms. The number of rotatable bonds is 4. The SMILES string of the molecule is CC.CC.CC(C)C1CCCCC1.CCCC.CCN1CCN(c2cccc(C#N)c2)CC1. The van der Waals surface area contributed by atoms with Crippen molar-refractivity contribution in [2.75, 3.05) is 37.6 Å². The molecule has 1 heterocycles. The maximum Gasteiger partial charge on any atom is 0.0992 e. The summed E-state index contributed by atoms with van der Waals surface area (Å²) in [7, 11) is 0. The van der Waals surface area contributed by atoms with Crippen molar-refractivity contribution in [3.05, 3.63) is 29.8 Å². The molecule has 3 heteroatoms. The Bertz CT molecular complexity index is 560. The molecule has 0 atom stereocenters. The second-order valence-corrected chi connectivity index (χ2v) is 8.73. The second-order valence-electron chi connectivity index (χ2n) is 8.73. The van der Waals surface area contributed by atoms with E-state index < -0.39 is 0 Å². The third-order valence-electron chi connectivity index (χ3n) is 6.25. The van der Waals surface area contributed by atoms with Crippen LogP contribution in [0.2, 0.25) is 0 Å². The van der Waals surface area contributed by atoms with Gasteiger partial charge in [0, 0.05) is 31.9 Å². The van der Waals surface area contributed by atoms with Crippen LogP contribution >= 0.6 is 0 Å². The number of anilines is 1. The lowest BCUT2D eigenvalue weighted by Gasteiger charge is -2.35. The third kappa shape index (κ3) is 15.9. The monoisotopic (exact) mass is 459 g/mol. The van der Waals surface area contributed by atoms with Gasteiger partial charge >= 0.3 is 0 Å². The van der Waals surface area contributed by atoms with E-state index in [0.717, 1.165) is 50.1 Å². The van der Waals surface area contributed by atoms with Gasteiger partial charge in [-0.1, -0.05) is 113 Å². The number of hydrogen-bond donors (Lipinski definition) is 0. The maximum atomic E-state index is 8.86.